The van der Waals surface area contributed by atoms with Crippen molar-refractivity contribution in [2.45, 2.75) is 39.5 Å². The minimum absolute atomic E-state index is 0.000272. The molecule has 0 spiro atoms. The van der Waals surface area contributed by atoms with Crippen LogP contribution in [0.5, 0.6) is 11.5 Å². The van der Waals surface area contributed by atoms with E-state index in [9.17, 15) is 10.2 Å². The molecule has 0 saturated carbocycles. The molecule has 3 heteroatoms. The Kier molecular flexibility index (Phi) is 5.67. The molecule has 17 heavy (non-hydrogen) atoms. The van der Waals surface area contributed by atoms with Crippen molar-refractivity contribution in [3.05, 3.63) is 18.2 Å². The largest absolute Gasteiger partial charge is 0.504 e. The topological polar surface area (TPSA) is 43.7 Å². The van der Waals surface area contributed by atoms with E-state index >= 15 is 0 Å². The molecule has 0 saturated heterocycles. The number of benzene rings is 1. The standard InChI is InChI=1S/C14H23NO2/c1-3-5-10-15(11-6-4-2)12-8-7-9-13(16)14(12)17/h7-9,16-17H,3-6,10-11H2,1-2H3. The molecule has 0 atom stereocenters. The monoisotopic (exact) mass is 237 g/mol. The highest BCUT2D eigenvalue weighted by atomic mass is 16.3. The molecule has 0 radical (unpaired) electrons. The maximum Gasteiger partial charge on any atom is 0.181 e. The van der Waals surface area contributed by atoms with Crippen molar-refractivity contribution in [2.24, 2.45) is 0 Å². The average molecular weight is 237 g/mol. The van der Waals surface area contributed by atoms with Crippen LogP contribution in [0.2, 0.25) is 0 Å². The van der Waals surface area contributed by atoms with Crippen molar-refractivity contribution in [3.8, 4) is 11.5 Å². The van der Waals surface area contributed by atoms with Crippen LogP contribution in [0.25, 0.3) is 0 Å². The number of unbranched alkanes of at least 4 members (excludes halogenated alkanes) is 2. The lowest BCUT2D eigenvalue weighted by Crippen LogP contribution is -2.25. The van der Waals surface area contributed by atoms with Crippen LogP contribution in [0.3, 0.4) is 0 Å². The molecule has 96 valence electrons. The Hall–Kier alpha value is -1.38. The Morgan fingerprint density at radius 1 is 1.00 bits per heavy atom. The first-order chi connectivity index (χ1) is 8.20. The quantitative estimate of drug-likeness (QED) is 0.713. The number of para-hydroxylation sites is 1. The van der Waals surface area contributed by atoms with E-state index in [1.807, 2.05) is 6.07 Å². The van der Waals surface area contributed by atoms with E-state index in [1.54, 1.807) is 6.07 Å². The second-order valence-corrected chi connectivity index (χ2v) is 4.34. The van der Waals surface area contributed by atoms with Crippen molar-refractivity contribution in [1.29, 1.82) is 0 Å². The van der Waals surface area contributed by atoms with E-state index in [4.69, 9.17) is 0 Å². The lowest BCUT2D eigenvalue weighted by atomic mass is 10.2. The predicted octanol–water partition coefficient (Wildman–Crippen LogP) is 3.50. The Morgan fingerprint density at radius 3 is 2.12 bits per heavy atom. The van der Waals surface area contributed by atoms with Gasteiger partial charge in [-0.3, -0.25) is 0 Å². The van der Waals surface area contributed by atoms with Gasteiger partial charge in [0.05, 0.1) is 5.69 Å². The SMILES string of the molecule is CCCCN(CCCC)c1cccc(O)c1O. The summed E-state index contributed by atoms with van der Waals surface area (Å²) in [7, 11) is 0. The van der Waals surface area contributed by atoms with Gasteiger partial charge in [-0.15, -0.1) is 0 Å². The summed E-state index contributed by atoms with van der Waals surface area (Å²) in [6.07, 6.45) is 4.45. The highest BCUT2D eigenvalue weighted by Gasteiger charge is 2.12. The van der Waals surface area contributed by atoms with Gasteiger partial charge in [-0.1, -0.05) is 32.8 Å². The van der Waals surface area contributed by atoms with Crippen molar-refractivity contribution < 1.29 is 10.2 Å². The molecule has 3 nitrogen and oxygen atoms in total. The maximum atomic E-state index is 9.87. The van der Waals surface area contributed by atoms with Gasteiger partial charge in [-0.2, -0.15) is 0 Å². The number of hydrogen-bond donors (Lipinski definition) is 2. The van der Waals surface area contributed by atoms with Gasteiger partial charge in [0, 0.05) is 13.1 Å². The van der Waals surface area contributed by atoms with E-state index in [2.05, 4.69) is 18.7 Å². The van der Waals surface area contributed by atoms with E-state index in [1.165, 1.54) is 6.07 Å². The summed E-state index contributed by atoms with van der Waals surface area (Å²) in [5.74, 6) is -0.0415. The van der Waals surface area contributed by atoms with Crippen LogP contribution in [0, 0.1) is 0 Å². The van der Waals surface area contributed by atoms with Gasteiger partial charge in [-0.25, -0.2) is 0 Å². The maximum absolute atomic E-state index is 9.87. The fourth-order valence-electron chi connectivity index (χ4n) is 1.83. The van der Waals surface area contributed by atoms with Crippen LogP contribution in [-0.2, 0) is 0 Å². The first-order valence-corrected chi connectivity index (χ1v) is 6.46. The molecule has 0 aliphatic heterocycles. The third kappa shape index (κ3) is 3.84. The summed E-state index contributed by atoms with van der Waals surface area (Å²) in [6.45, 7) is 6.15. The molecule has 0 aliphatic rings. The van der Waals surface area contributed by atoms with Gasteiger partial charge in [-0.05, 0) is 25.0 Å². The van der Waals surface area contributed by atoms with Crippen LogP contribution < -0.4 is 4.90 Å². The summed E-state index contributed by atoms with van der Waals surface area (Å²) in [5.41, 5.74) is 0.743. The molecule has 0 aliphatic carbocycles. The molecule has 0 amide bonds. The summed E-state index contributed by atoms with van der Waals surface area (Å²) in [6, 6.07) is 5.15. The predicted molar refractivity (Wildman–Crippen MR) is 71.8 cm³/mol. The van der Waals surface area contributed by atoms with E-state index < -0.39 is 0 Å². The summed E-state index contributed by atoms with van der Waals surface area (Å²) >= 11 is 0. The molecule has 0 bridgehead atoms. The Balaban J connectivity index is 2.83. The zero-order valence-electron chi connectivity index (χ0n) is 10.8. The lowest BCUT2D eigenvalue weighted by molar-refractivity contribution is 0.403. The third-order valence-electron chi connectivity index (χ3n) is 2.90. The van der Waals surface area contributed by atoms with Gasteiger partial charge >= 0.3 is 0 Å². The molecular formula is C14H23NO2. The second-order valence-electron chi connectivity index (χ2n) is 4.34. The summed E-state index contributed by atoms with van der Waals surface area (Å²) < 4.78 is 0. The third-order valence-corrected chi connectivity index (χ3v) is 2.90. The molecule has 0 aromatic heterocycles. The number of phenolic OH excluding ortho intramolecular Hbond substituents is 2. The van der Waals surface area contributed by atoms with Gasteiger partial charge in [0.2, 0.25) is 0 Å². The summed E-state index contributed by atoms with van der Waals surface area (Å²) in [4.78, 5) is 2.15. The number of hydrogen-bond acceptors (Lipinski definition) is 3. The molecule has 1 aromatic rings. The smallest absolute Gasteiger partial charge is 0.181 e. The van der Waals surface area contributed by atoms with Gasteiger partial charge < -0.3 is 15.1 Å². The van der Waals surface area contributed by atoms with E-state index in [-0.39, 0.29) is 11.5 Å². The number of anilines is 1. The minimum atomic E-state index is -0.0412. The fourth-order valence-corrected chi connectivity index (χ4v) is 1.83. The molecular weight excluding hydrogens is 214 g/mol. The fraction of sp³-hybridized carbons (Fsp3) is 0.571. The van der Waals surface area contributed by atoms with E-state index in [0.717, 1.165) is 44.5 Å². The van der Waals surface area contributed by atoms with Crippen LogP contribution in [0.15, 0.2) is 18.2 Å². The lowest BCUT2D eigenvalue weighted by Gasteiger charge is -2.25. The number of rotatable bonds is 7. The van der Waals surface area contributed by atoms with Crippen molar-refractivity contribution in [1.82, 2.24) is 0 Å². The molecule has 0 unspecified atom stereocenters. The molecule has 0 fully saturated rings. The average Bonchev–Trinajstić information content (AvgIpc) is 2.34. The normalized spacial score (nSPS) is 10.5. The van der Waals surface area contributed by atoms with Crippen LogP contribution in [0.1, 0.15) is 39.5 Å². The number of nitrogens with zero attached hydrogens (tertiary/aromatic N) is 1. The zero-order chi connectivity index (χ0) is 12.7. The van der Waals surface area contributed by atoms with Crippen molar-refractivity contribution in [2.75, 3.05) is 18.0 Å². The van der Waals surface area contributed by atoms with Crippen LogP contribution in [0.4, 0.5) is 5.69 Å². The Bertz CT molecular complexity index is 331. The Morgan fingerprint density at radius 2 is 1.59 bits per heavy atom. The number of phenols is 2. The summed E-state index contributed by atoms with van der Waals surface area (Å²) in [5, 5.41) is 19.4. The van der Waals surface area contributed by atoms with Gasteiger partial charge in [0.1, 0.15) is 0 Å². The van der Waals surface area contributed by atoms with Gasteiger partial charge in [0.15, 0.2) is 11.5 Å². The highest BCUT2D eigenvalue weighted by Crippen LogP contribution is 2.35. The zero-order valence-corrected chi connectivity index (χ0v) is 10.8. The first-order valence-electron chi connectivity index (χ1n) is 6.46. The van der Waals surface area contributed by atoms with Crippen molar-refractivity contribution >= 4 is 5.69 Å². The van der Waals surface area contributed by atoms with Crippen molar-refractivity contribution in [3.63, 3.8) is 0 Å². The second kappa shape index (κ2) is 7.05. The number of aromatic hydroxyl groups is 2. The Labute approximate surface area is 104 Å². The molecule has 0 heterocycles. The van der Waals surface area contributed by atoms with E-state index in [0.29, 0.717) is 0 Å². The minimum Gasteiger partial charge on any atom is -0.504 e. The molecule has 1 rings (SSSR count). The first kappa shape index (κ1) is 13.7. The van der Waals surface area contributed by atoms with Gasteiger partial charge in [0.25, 0.3) is 0 Å². The van der Waals surface area contributed by atoms with Crippen LogP contribution >= 0.6 is 0 Å². The van der Waals surface area contributed by atoms with Crippen LogP contribution in [-0.4, -0.2) is 23.3 Å². The molecule has 1 aromatic carbocycles. The highest BCUT2D eigenvalue weighted by molar-refractivity contribution is 5.63. The molecule has 2 N–H and O–H groups in total.